The molecular weight excluding hydrogens is 764 g/mol. The quantitative estimate of drug-likeness (QED) is 0.108. The van der Waals surface area contributed by atoms with Gasteiger partial charge in [-0.1, -0.05) is 0 Å². The van der Waals surface area contributed by atoms with Crippen molar-refractivity contribution >= 4 is 8.80 Å². The molecule has 0 aromatic carbocycles. The summed E-state index contributed by atoms with van der Waals surface area (Å²) in [7, 11) is -2.88. The Morgan fingerprint density at radius 2 is 0.731 bits per heavy atom. The molecule has 0 spiro atoms. The Morgan fingerprint density at radius 1 is 0.442 bits per heavy atom. The van der Waals surface area contributed by atoms with E-state index in [1.165, 1.54) is 0 Å². The maximum absolute atomic E-state index is 14.9. The molecule has 0 N–H and O–H groups in total. The Hall–Kier alpha value is -1.02. The third-order valence-corrected chi connectivity index (χ3v) is 15.1. The van der Waals surface area contributed by atoms with E-state index in [0.717, 1.165) is 38.5 Å². The summed E-state index contributed by atoms with van der Waals surface area (Å²) in [6, 6.07) is 0. The highest BCUT2D eigenvalue weighted by atomic mass is 28.4. The van der Waals surface area contributed by atoms with Crippen LogP contribution in [0.25, 0.3) is 0 Å². The molecule has 3 saturated carbocycles. The standard InChI is InChI=1S/C32H46F16O3Si/c1-4-49-52(50-5-2,51-6-3)24-17-13-22(14-18-24)20-9-7-19(8-10-20)21-11-15-23(16-12-21)26(35,36)28(39,40)30(43,44)32(47,48)31(45,46)29(41,42)27(37,38)25(33)34/h19-25H,4-18H2,1-3H3. The van der Waals surface area contributed by atoms with Gasteiger partial charge in [0.25, 0.3) is 0 Å². The SMILES string of the molecule is CCO[Si](OCC)(OCC)C1CCC(C2CCC(C3CCC(C(F)(F)C(F)(F)C(F)(F)C(F)(F)C(F)(F)C(F)(F)C(F)(F)C(F)F)CC3)CC2)CC1. The number of alkyl halides is 16. The van der Waals surface area contributed by atoms with Gasteiger partial charge >= 0.3 is 56.7 Å². The van der Waals surface area contributed by atoms with Crippen LogP contribution in [0.5, 0.6) is 0 Å². The second-order valence-corrected chi connectivity index (χ2v) is 17.1. The molecule has 0 aliphatic heterocycles. The Kier molecular flexibility index (Phi) is 14.1. The van der Waals surface area contributed by atoms with Gasteiger partial charge in [0.2, 0.25) is 0 Å². The topological polar surface area (TPSA) is 27.7 Å². The van der Waals surface area contributed by atoms with Gasteiger partial charge in [-0.25, -0.2) is 8.78 Å². The van der Waals surface area contributed by atoms with Crippen LogP contribution in [0, 0.1) is 29.6 Å². The smallest absolute Gasteiger partial charge is 0.374 e. The van der Waals surface area contributed by atoms with Crippen molar-refractivity contribution in [3.05, 3.63) is 0 Å². The van der Waals surface area contributed by atoms with Crippen LogP contribution in [0.15, 0.2) is 0 Å². The van der Waals surface area contributed by atoms with Crippen LogP contribution in [0.4, 0.5) is 70.2 Å². The van der Waals surface area contributed by atoms with Crippen LogP contribution in [0.3, 0.4) is 0 Å². The molecule has 308 valence electrons. The zero-order valence-electron chi connectivity index (χ0n) is 28.9. The van der Waals surface area contributed by atoms with Crippen LogP contribution < -0.4 is 0 Å². The second kappa shape index (κ2) is 16.2. The minimum Gasteiger partial charge on any atom is -0.374 e. The molecule has 0 amide bonds. The predicted molar refractivity (Wildman–Crippen MR) is 158 cm³/mol. The molecule has 52 heavy (non-hydrogen) atoms. The highest BCUT2D eigenvalue weighted by molar-refractivity contribution is 6.62. The van der Waals surface area contributed by atoms with Gasteiger partial charge in [-0.2, -0.15) is 61.5 Å². The monoisotopic (exact) mass is 810 g/mol. The Bertz CT molecular complexity index is 1120. The molecule has 20 heteroatoms. The lowest BCUT2D eigenvalue weighted by Crippen LogP contribution is -2.74. The summed E-state index contributed by atoms with van der Waals surface area (Å²) in [6.45, 7) is 7.00. The number of halogens is 16. The largest absolute Gasteiger partial charge is 0.504 e. The number of hydrogen-bond acceptors (Lipinski definition) is 3. The van der Waals surface area contributed by atoms with Crippen molar-refractivity contribution in [1.29, 1.82) is 0 Å². The minimum absolute atomic E-state index is 0.0557. The maximum atomic E-state index is 14.9. The summed E-state index contributed by atoms with van der Waals surface area (Å²) in [5.74, 6) is -56.4. The van der Waals surface area contributed by atoms with Gasteiger partial charge in [-0.05, 0) is 121 Å². The lowest BCUT2D eigenvalue weighted by atomic mass is 9.65. The van der Waals surface area contributed by atoms with Crippen LogP contribution in [-0.4, -0.2) is 76.5 Å². The van der Waals surface area contributed by atoms with E-state index >= 15 is 0 Å². The van der Waals surface area contributed by atoms with Crippen LogP contribution in [-0.2, 0) is 13.3 Å². The number of hydrogen-bond donors (Lipinski definition) is 0. The minimum atomic E-state index is -8.34. The van der Waals surface area contributed by atoms with Crippen LogP contribution >= 0.6 is 0 Å². The first-order chi connectivity index (χ1) is 23.8. The summed E-state index contributed by atoms with van der Waals surface area (Å²) in [5.41, 5.74) is 0.152. The molecule has 3 fully saturated rings. The first-order valence-corrected chi connectivity index (χ1v) is 19.4. The van der Waals surface area contributed by atoms with Crippen LogP contribution in [0.1, 0.15) is 97.8 Å². The van der Waals surface area contributed by atoms with E-state index in [2.05, 4.69) is 0 Å². The first-order valence-electron chi connectivity index (χ1n) is 17.6. The molecule has 0 unspecified atom stereocenters. The van der Waals surface area contributed by atoms with Crippen molar-refractivity contribution in [3.63, 3.8) is 0 Å². The van der Waals surface area contributed by atoms with Crippen molar-refractivity contribution in [2.24, 2.45) is 29.6 Å². The Morgan fingerprint density at radius 3 is 1.06 bits per heavy atom. The van der Waals surface area contributed by atoms with E-state index in [4.69, 9.17) is 13.3 Å². The van der Waals surface area contributed by atoms with Crippen molar-refractivity contribution in [2.45, 2.75) is 151 Å². The van der Waals surface area contributed by atoms with Gasteiger partial charge in [0, 0.05) is 31.3 Å². The van der Waals surface area contributed by atoms with Crippen molar-refractivity contribution in [3.8, 4) is 0 Å². The fraction of sp³-hybridized carbons (Fsp3) is 1.00. The maximum Gasteiger partial charge on any atom is 0.504 e. The molecule has 3 aliphatic rings. The van der Waals surface area contributed by atoms with E-state index in [0.29, 0.717) is 44.5 Å². The normalized spacial score (nSPS) is 28.4. The van der Waals surface area contributed by atoms with E-state index in [9.17, 15) is 70.2 Å². The second-order valence-electron chi connectivity index (χ2n) is 14.2. The summed E-state index contributed by atoms with van der Waals surface area (Å²) in [5, 5.41) is 0. The van der Waals surface area contributed by atoms with Crippen molar-refractivity contribution < 1.29 is 83.5 Å². The van der Waals surface area contributed by atoms with E-state index < -0.39 is 75.4 Å². The fourth-order valence-electron chi connectivity index (χ4n) is 8.47. The third kappa shape index (κ3) is 7.70. The van der Waals surface area contributed by atoms with E-state index in [1.54, 1.807) is 0 Å². The summed E-state index contributed by atoms with van der Waals surface area (Å²) in [4.78, 5) is 0. The van der Waals surface area contributed by atoms with Gasteiger partial charge in [0.15, 0.2) is 0 Å². The average Bonchev–Trinajstić information content (AvgIpc) is 3.08. The highest BCUT2D eigenvalue weighted by Crippen LogP contribution is 2.64. The molecular formula is C32H46F16O3Si. The van der Waals surface area contributed by atoms with Gasteiger partial charge < -0.3 is 13.3 Å². The molecule has 3 nitrogen and oxygen atoms in total. The highest BCUT2D eigenvalue weighted by Gasteiger charge is 2.93. The summed E-state index contributed by atoms with van der Waals surface area (Å²) < 4.78 is 240. The molecule has 0 bridgehead atoms. The average molecular weight is 811 g/mol. The fourth-order valence-corrected chi connectivity index (χ4v) is 11.7. The molecule has 3 aliphatic carbocycles. The summed E-state index contributed by atoms with van der Waals surface area (Å²) in [6.07, 6.45) is -1.82. The molecule has 0 atom stereocenters. The molecule has 0 aromatic heterocycles. The van der Waals surface area contributed by atoms with Gasteiger partial charge in [0.05, 0.1) is 0 Å². The molecule has 0 saturated heterocycles. The molecule has 0 radical (unpaired) electrons. The predicted octanol–water partition coefficient (Wildman–Crippen LogP) is 11.9. The Labute approximate surface area is 293 Å². The summed E-state index contributed by atoms with van der Waals surface area (Å²) >= 11 is 0. The molecule has 3 rings (SSSR count). The Balaban J connectivity index is 1.62. The first kappa shape index (κ1) is 45.4. The zero-order chi connectivity index (χ0) is 39.8. The zero-order valence-corrected chi connectivity index (χ0v) is 29.9. The number of rotatable bonds is 17. The van der Waals surface area contributed by atoms with Crippen LogP contribution in [0.2, 0.25) is 5.54 Å². The van der Waals surface area contributed by atoms with Crippen molar-refractivity contribution in [1.82, 2.24) is 0 Å². The molecule has 0 heterocycles. The van der Waals surface area contributed by atoms with E-state index in [1.807, 2.05) is 20.8 Å². The van der Waals surface area contributed by atoms with Gasteiger partial charge in [0.1, 0.15) is 0 Å². The van der Waals surface area contributed by atoms with Gasteiger partial charge in [-0.15, -0.1) is 0 Å². The van der Waals surface area contributed by atoms with Crippen molar-refractivity contribution in [2.75, 3.05) is 19.8 Å². The van der Waals surface area contributed by atoms with Gasteiger partial charge in [-0.3, -0.25) is 0 Å². The third-order valence-electron chi connectivity index (χ3n) is 11.4. The lowest BCUT2D eigenvalue weighted by Gasteiger charge is -2.46. The van der Waals surface area contributed by atoms with E-state index in [-0.39, 0.29) is 30.2 Å². The lowest BCUT2D eigenvalue weighted by molar-refractivity contribution is -0.450. The molecule has 0 aromatic rings.